The largest absolute Gasteiger partial charge is 0.463 e. The highest BCUT2D eigenvalue weighted by Crippen LogP contribution is 2.30. The number of carbonyl (C=O) groups is 1. The summed E-state index contributed by atoms with van der Waals surface area (Å²) in [5.41, 5.74) is 1.96. The molecule has 0 aromatic carbocycles. The van der Waals surface area contributed by atoms with Crippen molar-refractivity contribution in [3.63, 3.8) is 0 Å². The zero-order valence-electron chi connectivity index (χ0n) is 13.9. The Hall–Kier alpha value is -1.09. The Bertz CT molecular complexity index is 405. The van der Waals surface area contributed by atoms with Crippen LogP contribution in [0.2, 0.25) is 0 Å². The monoisotopic (exact) mass is 294 g/mol. The highest BCUT2D eigenvalue weighted by atomic mass is 16.5. The standard InChI is InChI=1S/C18H30O3/c1-5-18(4,20)10-9-14(3)11-15-7-8-16(12-15)13-17(19)21-6-2/h12-14,20H,5-11H2,1-4H3/b16-13+. The van der Waals surface area contributed by atoms with Crippen molar-refractivity contribution in [1.82, 2.24) is 0 Å². The molecule has 0 heterocycles. The van der Waals surface area contributed by atoms with Crippen LogP contribution in [-0.2, 0) is 9.53 Å². The van der Waals surface area contributed by atoms with Gasteiger partial charge in [-0.2, -0.15) is 0 Å². The quantitative estimate of drug-likeness (QED) is 0.540. The van der Waals surface area contributed by atoms with E-state index in [-0.39, 0.29) is 5.97 Å². The summed E-state index contributed by atoms with van der Waals surface area (Å²) in [5.74, 6) is 0.327. The minimum atomic E-state index is -0.534. The van der Waals surface area contributed by atoms with Crippen molar-refractivity contribution in [2.45, 2.75) is 71.8 Å². The van der Waals surface area contributed by atoms with Gasteiger partial charge in [-0.05, 0) is 63.9 Å². The first-order valence-electron chi connectivity index (χ1n) is 8.15. The normalized spacial score (nSPS) is 21.0. The van der Waals surface area contributed by atoms with E-state index < -0.39 is 5.60 Å². The molecule has 1 aliphatic carbocycles. The summed E-state index contributed by atoms with van der Waals surface area (Å²) < 4.78 is 4.94. The molecule has 0 spiro atoms. The molecule has 0 saturated heterocycles. The van der Waals surface area contributed by atoms with Crippen molar-refractivity contribution < 1.29 is 14.6 Å². The molecule has 21 heavy (non-hydrogen) atoms. The second kappa shape index (κ2) is 8.38. The van der Waals surface area contributed by atoms with Crippen molar-refractivity contribution in [1.29, 1.82) is 0 Å². The number of carbonyl (C=O) groups excluding carboxylic acids is 1. The van der Waals surface area contributed by atoms with E-state index in [0.717, 1.165) is 44.1 Å². The number of ether oxygens (including phenoxy) is 1. The fourth-order valence-electron chi connectivity index (χ4n) is 2.61. The predicted octanol–water partition coefficient (Wildman–Crippen LogP) is 4.16. The van der Waals surface area contributed by atoms with Gasteiger partial charge in [0.05, 0.1) is 12.2 Å². The summed E-state index contributed by atoms with van der Waals surface area (Å²) in [6.45, 7) is 8.41. The molecule has 0 saturated carbocycles. The van der Waals surface area contributed by atoms with E-state index in [9.17, 15) is 9.90 Å². The third kappa shape index (κ3) is 6.94. The maximum absolute atomic E-state index is 11.4. The minimum Gasteiger partial charge on any atom is -0.463 e. The lowest BCUT2D eigenvalue weighted by Gasteiger charge is -2.23. The molecule has 1 rings (SSSR count). The van der Waals surface area contributed by atoms with E-state index in [1.165, 1.54) is 5.57 Å². The molecule has 1 N–H and O–H groups in total. The van der Waals surface area contributed by atoms with Gasteiger partial charge in [0, 0.05) is 6.08 Å². The van der Waals surface area contributed by atoms with Gasteiger partial charge < -0.3 is 9.84 Å². The topological polar surface area (TPSA) is 46.5 Å². The van der Waals surface area contributed by atoms with Crippen molar-refractivity contribution in [2.24, 2.45) is 5.92 Å². The van der Waals surface area contributed by atoms with E-state index in [4.69, 9.17) is 4.74 Å². The molecule has 0 aliphatic heterocycles. The molecule has 1 aliphatic rings. The maximum atomic E-state index is 11.4. The van der Waals surface area contributed by atoms with Gasteiger partial charge in [-0.1, -0.05) is 25.5 Å². The highest BCUT2D eigenvalue weighted by molar-refractivity contribution is 5.83. The summed E-state index contributed by atoms with van der Waals surface area (Å²) in [5, 5.41) is 10.0. The lowest BCUT2D eigenvalue weighted by molar-refractivity contribution is -0.137. The number of esters is 1. The molecule has 0 aromatic rings. The fraction of sp³-hybridized carbons (Fsp3) is 0.722. The Morgan fingerprint density at radius 2 is 2.19 bits per heavy atom. The first-order valence-corrected chi connectivity index (χ1v) is 8.15. The van der Waals surface area contributed by atoms with Crippen LogP contribution in [0.15, 0.2) is 23.3 Å². The lowest BCUT2D eigenvalue weighted by Crippen LogP contribution is -2.23. The van der Waals surface area contributed by atoms with Crippen LogP contribution in [0.5, 0.6) is 0 Å². The molecule has 2 unspecified atom stereocenters. The zero-order chi connectivity index (χ0) is 15.9. The molecule has 0 bridgehead atoms. The maximum Gasteiger partial charge on any atom is 0.331 e. The van der Waals surface area contributed by atoms with Crippen LogP contribution in [-0.4, -0.2) is 23.3 Å². The molecular formula is C18H30O3. The molecule has 120 valence electrons. The van der Waals surface area contributed by atoms with Crippen LogP contribution in [0.25, 0.3) is 0 Å². The Morgan fingerprint density at radius 1 is 1.48 bits per heavy atom. The van der Waals surface area contributed by atoms with Gasteiger partial charge in [-0.25, -0.2) is 4.79 Å². The second-order valence-electron chi connectivity index (χ2n) is 6.47. The predicted molar refractivity (Wildman–Crippen MR) is 86.0 cm³/mol. The van der Waals surface area contributed by atoms with Crippen LogP contribution in [0.3, 0.4) is 0 Å². The van der Waals surface area contributed by atoms with Gasteiger partial charge in [-0.3, -0.25) is 0 Å². The molecule has 0 amide bonds. The van der Waals surface area contributed by atoms with E-state index in [2.05, 4.69) is 13.0 Å². The van der Waals surface area contributed by atoms with Gasteiger partial charge in [0.25, 0.3) is 0 Å². The molecule has 0 aromatic heterocycles. The third-order valence-electron chi connectivity index (χ3n) is 4.26. The third-order valence-corrected chi connectivity index (χ3v) is 4.26. The summed E-state index contributed by atoms with van der Waals surface area (Å²) in [7, 11) is 0. The van der Waals surface area contributed by atoms with Gasteiger partial charge in [0.1, 0.15) is 0 Å². The van der Waals surface area contributed by atoms with Gasteiger partial charge in [0.15, 0.2) is 0 Å². The van der Waals surface area contributed by atoms with Crippen LogP contribution in [0, 0.1) is 5.92 Å². The van der Waals surface area contributed by atoms with Crippen LogP contribution < -0.4 is 0 Å². The Labute approximate surface area is 129 Å². The number of aliphatic hydroxyl groups is 1. The molecule has 0 radical (unpaired) electrons. The number of hydrogen-bond donors (Lipinski definition) is 1. The summed E-state index contributed by atoms with van der Waals surface area (Å²) in [4.78, 5) is 11.4. The van der Waals surface area contributed by atoms with Crippen molar-refractivity contribution in [3.05, 3.63) is 23.3 Å². The fourth-order valence-corrected chi connectivity index (χ4v) is 2.61. The van der Waals surface area contributed by atoms with Crippen LogP contribution in [0.4, 0.5) is 0 Å². The average Bonchev–Trinajstić information content (AvgIpc) is 2.84. The van der Waals surface area contributed by atoms with E-state index in [0.29, 0.717) is 12.5 Å². The molecular weight excluding hydrogens is 264 g/mol. The van der Waals surface area contributed by atoms with E-state index in [1.807, 2.05) is 20.8 Å². The van der Waals surface area contributed by atoms with Crippen molar-refractivity contribution in [2.75, 3.05) is 6.61 Å². The summed E-state index contributed by atoms with van der Waals surface area (Å²) in [6, 6.07) is 0. The highest BCUT2D eigenvalue weighted by Gasteiger charge is 2.20. The van der Waals surface area contributed by atoms with Crippen molar-refractivity contribution >= 4 is 5.97 Å². The summed E-state index contributed by atoms with van der Waals surface area (Å²) >= 11 is 0. The lowest BCUT2D eigenvalue weighted by atomic mass is 9.89. The Kier molecular flexibility index (Phi) is 7.16. The van der Waals surface area contributed by atoms with Gasteiger partial charge in [0.2, 0.25) is 0 Å². The van der Waals surface area contributed by atoms with Crippen molar-refractivity contribution in [3.8, 4) is 0 Å². The Morgan fingerprint density at radius 3 is 2.81 bits per heavy atom. The number of allylic oxidation sites excluding steroid dienone is 3. The SMILES string of the molecule is CCOC(=O)/C=C1/C=C(CC(C)CCC(C)(O)CC)CC1. The van der Waals surface area contributed by atoms with Gasteiger partial charge in [-0.15, -0.1) is 0 Å². The summed E-state index contributed by atoms with van der Waals surface area (Å²) in [6.07, 6.45) is 9.48. The Balaban J connectivity index is 2.43. The number of hydrogen-bond acceptors (Lipinski definition) is 3. The smallest absolute Gasteiger partial charge is 0.331 e. The first-order chi connectivity index (χ1) is 9.86. The van der Waals surface area contributed by atoms with Crippen LogP contribution in [0.1, 0.15) is 66.2 Å². The molecule has 3 heteroatoms. The average molecular weight is 294 g/mol. The molecule has 0 fully saturated rings. The van der Waals surface area contributed by atoms with E-state index in [1.54, 1.807) is 6.08 Å². The van der Waals surface area contributed by atoms with Crippen LogP contribution >= 0.6 is 0 Å². The van der Waals surface area contributed by atoms with E-state index >= 15 is 0 Å². The molecule has 2 atom stereocenters. The number of rotatable bonds is 8. The minimum absolute atomic E-state index is 0.239. The zero-order valence-corrected chi connectivity index (χ0v) is 13.9. The van der Waals surface area contributed by atoms with Gasteiger partial charge >= 0.3 is 5.97 Å². The first kappa shape index (κ1) is 18.0. The second-order valence-corrected chi connectivity index (χ2v) is 6.47. The molecule has 3 nitrogen and oxygen atoms in total.